The van der Waals surface area contributed by atoms with Crippen LogP contribution in [0.1, 0.15) is 0 Å². The summed E-state index contributed by atoms with van der Waals surface area (Å²) >= 11 is 7.43. The Balaban J connectivity index is -0.0000000457. The van der Waals surface area contributed by atoms with Crippen molar-refractivity contribution in [3.8, 4) is 0 Å². The van der Waals surface area contributed by atoms with Gasteiger partial charge in [0.1, 0.15) is 0 Å². The summed E-state index contributed by atoms with van der Waals surface area (Å²) in [6.45, 7) is 0. The fourth-order valence-corrected chi connectivity index (χ4v) is 0. The van der Waals surface area contributed by atoms with E-state index in [9.17, 15) is 14.7 Å². The van der Waals surface area contributed by atoms with Gasteiger partial charge in [-0.1, -0.05) is 5.75 Å². The molecule has 0 bridgehead atoms. The predicted molar refractivity (Wildman–Crippen MR) is 38.7 cm³/mol. The van der Waals surface area contributed by atoms with E-state index >= 15 is 0 Å². The second-order valence-electron chi connectivity index (χ2n) is 1.07. The Morgan fingerprint density at radius 2 is 1.58 bits per heavy atom. The van der Waals surface area contributed by atoms with E-state index in [1.807, 2.05) is 0 Å². The third-order valence-corrected chi connectivity index (χ3v) is 0.758. The molecule has 0 aliphatic heterocycles. The molecule has 0 atom stereocenters. The first-order chi connectivity index (χ1) is 4.54. The van der Waals surface area contributed by atoms with E-state index < -0.39 is 11.9 Å². The fourth-order valence-electron chi connectivity index (χ4n) is 0. The van der Waals surface area contributed by atoms with Crippen molar-refractivity contribution in [2.24, 2.45) is 0 Å². The van der Waals surface area contributed by atoms with E-state index in [1.165, 1.54) is 0 Å². The zero-order valence-electron chi connectivity index (χ0n) is 6.94. The molecule has 8 heteroatoms. The Bertz CT molecular complexity index is 108. The monoisotopic (exact) mass is 228 g/mol. The second kappa shape index (κ2) is 18.4. The molecule has 0 spiro atoms. The molecule has 0 aromatic heterocycles. The molecule has 0 saturated heterocycles. The quantitative estimate of drug-likeness (QED) is 0.279. The maximum Gasteiger partial charge on any atom is 1.00 e. The molecular weight excluding hydrogens is 222 g/mol. The molecule has 0 heterocycles. The fraction of sp³-hybridized carbons (Fsp3) is 0.500. The molecule has 0 amide bonds. The summed E-state index contributed by atoms with van der Waals surface area (Å²) in [6.07, 6.45) is 0. The number of carbonyl (C=O) groups is 2. The van der Waals surface area contributed by atoms with E-state index in [2.05, 4.69) is 25.3 Å². The first kappa shape index (κ1) is 23.5. The molecule has 0 aromatic carbocycles. The second-order valence-corrected chi connectivity index (χ2v) is 1.67. The third-order valence-electron chi connectivity index (χ3n) is 0.253. The predicted octanol–water partition coefficient (Wildman–Crippen LogP) is -7.71. The number of carbonyl (C=O) groups excluding carboxylic acids is 1. The van der Waals surface area contributed by atoms with Crippen molar-refractivity contribution in [1.29, 1.82) is 0 Å². The van der Waals surface area contributed by atoms with Crippen LogP contribution in [0.2, 0.25) is 0 Å². The topological polar surface area (TPSA) is 77.4 Å². The van der Waals surface area contributed by atoms with Crippen LogP contribution in [-0.4, -0.2) is 28.6 Å². The first-order valence-corrected chi connectivity index (χ1v) is 3.36. The SMILES string of the molecule is O=C(O)C[S-].O=C([O-])CS.[Na+].[Na+]. The van der Waals surface area contributed by atoms with Crippen molar-refractivity contribution in [2.75, 3.05) is 11.5 Å². The minimum Gasteiger partial charge on any atom is -0.782 e. The van der Waals surface area contributed by atoms with Crippen molar-refractivity contribution < 1.29 is 78.9 Å². The summed E-state index contributed by atoms with van der Waals surface area (Å²) in [7, 11) is 0. The Morgan fingerprint density at radius 3 is 1.58 bits per heavy atom. The van der Waals surface area contributed by atoms with Crippen LogP contribution < -0.4 is 64.2 Å². The van der Waals surface area contributed by atoms with E-state index in [0.717, 1.165) is 0 Å². The van der Waals surface area contributed by atoms with Crippen molar-refractivity contribution in [3.63, 3.8) is 0 Å². The minimum atomic E-state index is -1.13. The number of hydrogen-bond donors (Lipinski definition) is 2. The summed E-state index contributed by atoms with van der Waals surface area (Å²) in [4.78, 5) is 18.4. The molecule has 4 nitrogen and oxygen atoms in total. The molecule has 0 rings (SSSR count). The summed E-state index contributed by atoms with van der Waals surface area (Å²) in [6, 6.07) is 0. The van der Waals surface area contributed by atoms with Crippen molar-refractivity contribution >= 4 is 37.2 Å². The Hall–Kier alpha value is 1.64. The van der Waals surface area contributed by atoms with Gasteiger partial charge in [0.25, 0.3) is 5.97 Å². The summed E-state index contributed by atoms with van der Waals surface area (Å²) in [5.41, 5.74) is 0. The van der Waals surface area contributed by atoms with Gasteiger partial charge < -0.3 is 27.6 Å². The van der Waals surface area contributed by atoms with E-state index in [-0.39, 0.29) is 70.6 Å². The van der Waals surface area contributed by atoms with Gasteiger partial charge in [-0.15, -0.1) is 0 Å². The molecule has 0 saturated carbocycles. The van der Waals surface area contributed by atoms with Crippen LogP contribution in [0.4, 0.5) is 0 Å². The number of aliphatic carboxylic acids is 2. The van der Waals surface area contributed by atoms with Gasteiger partial charge in [-0.3, -0.25) is 4.79 Å². The summed E-state index contributed by atoms with van der Waals surface area (Å²) in [5, 5.41) is 16.8. The van der Waals surface area contributed by atoms with Crippen molar-refractivity contribution in [1.82, 2.24) is 0 Å². The Kier molecular flexibility index (Phi) is 36.0. The van der Waals surface area contributed by atoms with Crippen LogP contribution in [0.15, 0.2) is 0 Å². The average molecular weight is 228 g/mol. The average Bonchev–Trinajstić information content (AvgIpc) is 1.89. The van der Waals surface area contributed by atoms with E-state index in [0.29, 0.717) is 0 Å². The van der Waals surface area contributed by atoms with Crippen molar-refractivity contribution in [2.45, 2.75) is 0 Å². The van der Waals surface area contributed by atoms with Crippen LogP contribution in [0.3, 0.4) is 0 Å². The molecule has 0 fully saturated rings. The standard InChI is InChI=1S/2C2H4O2S.2Na/c2*3-2(4)1-5;;/h2*5H,1H2,(H,3,4);;/q;;2*+1/p-2. The largest absolute Gasteiger partial charge is 1.00 e. The van der Waals surface area contributed by atoms with Gasteiger partial charge in [-0.2, -0.15) is 12.6 Å². The van der Waals surface area contributed by atoms with Crippen LogP contribution in [0.25, 0.3) is 0 Å². The van der Waals surface area contributed by atoms with Crippen LogP contribution >= 0.6 is 12.6 Å². The molecule has 0 aromatic rings. The molecule has 0 unspecified atom stereocenters. The number of carboxylic acid groups (broad SMARTS) is 2. The van der Waals surface area contributed by atoms with Gasteiger partial charge in [0, 0.05) is 5.75 Å². The molecular formula is C4H6Na2O4S2. The van der Waals surface area contributed by atoms with Gasteiger partial charge in [-0.25, -0.2) is 0 Å². The Labute approximate surface area is 126 Å². The molecule has 1 N–H and O–H groups in total. The maximum atomic E-state index is 9.26. The third kappa shape index (κ3) is 41.4. The zero-order chi connectivity index (χ0) is 8.57. The first-order valence-electron chi connectivity index (χ1n) is 2.15. The molecule has 12 heavy (non-hydrogen) atoms. The van der Waals surface area contributed by atoms with Gasteiger partial charge in [0.15, 0.2) is 0 Å². The van der Waals surface area contributed by atoms with Crippen LogP contribution in [0.5, 0.6) is 0 Å². The number of thiol groups is 1. The molecule has 0 aliphatic carbocycles. The van der Waals surface area contributed by atoms with Crippen LogP contribution in [-0.2, 0) is 22.2 Å². The van der Waals surface area contributed by atoms with Gasteiger partial charge in [-0.05, 0) is 0 Å². The maximum absolute atomic E-state index is 9.26. The molecule has 60 valence electrons. The molecule has 0 aliphatic rings. The number of hydrogen-bond acceptors (Lipinski definition) is 5. The van der Waals surface area contributed by atoms with Gasteiger partial charge in [0.2, 0.25) is 0 Å². The summed E-state index contributed by atoms with van der Waals surface area (Å²) < 4.78 is 0. The van der Waals surface area contributed by atoms with Gasteiger partial charge >= 0.3 is 59.1 Å². The van der Waals surface area contributed by atoms with E-state index in [1.54, 1.807) is 0 Å². The summed E-state index contributed by atoms with van der Waals surface area (Å²) in [5.74, 6) is -2.45. The smallest absolute Gasteiger partial charge is 0.782 e. The van der Waals surface area contributed by atoms with Crippen molar-refractivity contribution in [3.05, 3.63) is 0 Å². The van der Waals surface area contributed by atoms with E-state index in [4.69, 9.17) is 5.11 Å². The number of carboxylic acids is 2. The molecule has 0 radical (unpaired) electrons. The zero-order valence-corrected chi connectivity index (χ0v) is 12.7. The van der Waals surface area contributed by atoms with Gasteiger partial charge in [0.05, 0.1) is 5.97 Å². The normalized spacial score (nSPS) is 6.17. The Morgan fingerprint density at radius 1 is 1.42 bits per heavy atom. The van der Waals surface area contributed by atoms with Crippen LogP contribution in [0, 0.1) is 0 Å². The minimum absolute atomic E-state index is 0. The number of rotatable bonds is 2.